The van der Waals surface area contributed by atoms with Crippen molar-refractivity contribution in [3.63, 3.8) is 0 Å². The van der Waals surface area contributed by atoms with E-state index in [1.807, 2.05) is 13.8 Å². The first kappa shape index (κ1) is 12.5. The van der Waals surface area contributed by atoms with Crippen molar-refractivity contribution in [2.45, 2.75) is 33.0 Å². The molecule has 1 heterocycles. The zero-order valence-corrected chi connectivity index (χ0v) is 10.0. The van der Waals surface area contributed by atoms with Crippen LogP contribution in [0.3, 0.4) is 0 Å². The van der Waals surface area contributed by atoms with E-state index in [-0.39, 0.29) is 23.4 Å². The topological polar surface area (TPSA) is 57.1 Å². The third-order valence-electron chi connectivity index (χ3n) is 1.43. The summed E-state index contributed by atoms with van der Waals surface area (Å²) in [5.74, 6) is 2.39. The molecule has 0 N–H and O–H groups in total. The standard InChI is InChI=1S/C10H12ClN3O2/c1-5-7(4)16-10-13-8(11)12-9(14-10)15-6(2)3/h1,6-7H,2-4H3. The van der Waals surface area contributed by atoms with Crippen molar-refractivity contribution in [3.05, 3.63) is 5.28 Å². The lowest BCUT2D eigenvalue weighted by atomic mass is 10.4. The highest BCUT2D eigenvalue weighted by Crippen LogP contribution is 2.14. The first-order chi connectivity index (χ1) is 7.51. The van der Waals surface area contributed by atoms with E-state index in [0.717, 1.165) is 0 Å². The second-order valence-electron chi connectivity index (χ2n) is 3.26. The molecule has 0 radical (unpaired) electrons. The number of ether oxygens (including phenoxy) is 2. The average Bonchev–Trinajstić information content (AvgIpc) is 2.15. The fourth-order valence-electron chi connectivity index (χ4n) is 0.823. The molecule has 1 rings (SSSR count). The molecule has 0 spiro atoms. The zero-order valence-electron chi connectivity index (χ0n) is 9.27. The van der Waals surface area contributed by atoms with Crippen LogP contribution in [-0.2, 0) is 0 Å². The van der Waals surface area contributed by atoms with Crippen LogP contribution in [0.4, 0.5) is 0 Å². The minimum absolute atomic E-state index is 0.00451. The number of rotatable bonds is 4. The van der Waals surface area contributed by atoms with Crippen LogP contribution in [0.2, 0.25) is 5.28 Å². The summed E-state index contributed by atoms with van der Waals surface area (Å²) in [7, 11) is 0. The molecule has 0 amide bonds. The van der Waals surface area contributed by atoms with Crippen molar-refractivity contribution in [1.29, 1.82) is 0 Å². The molecule has 16 heavy (non-hydrogen) atoms. The monoisotopic (exact) mass is 241 g/mol. The van der Waals surface area contributed by atoms with Crippen molar-refractivity contribution >= 4 is 11.6 Å². The van der Waals surface area contributed by atoms with Crippen molar-refractivity contribution in [3.8, 4) is 24.4 Å². The molecule has 1 aromatic heterocycles. The SMILES string of the molecule is C#CC(C)Oc1nc(Cl)nc(OC(C)C)n1. The molecule has 0 aliphatic carbocycles. The van der Waals surface area contributed by atoms with Gasteiger partial charge >= 0.3 is 12.0 Å². The Morgan fingerprint density at radius 3 is 2.19 bits per heavy atom. The molecule has 1 aromatic rings. The summed E-state index contributed by atoms with van der Waals surface area (Å²) in [6.45, 7) is 5.39. The Morgan fingerprint density at radius 2 is 1.69 bits per heavy atom. The zero-order chi connectivity index (χ0) is 12.1. The van der Waals surface area contributed by atoms with E-state index in [2.05, 4.69) is 20.9 Å². The summed E-state index contributed by atoms with van der Waals surface area (Å²) in [5.41, 5.74) is 0. The molecule has 1 unspecified atom stereocenters. The van der Waals surface area contributed by atoms with Crippen molar-refractivity contribution < 1.29 is 9.47 Å². The first-order valence-electron chi connectivity index (χ1n) is 4.72. The highest BCUT2D eigenvalue weighted by atomic mass is 35.5. The van der Waals surface area contributed by atoms with Crippen LogP contribution in [-0.4, -0.2) is 27.2 Å². The van der Waals surface area contributed by atoms with Crippen molar-refractivity contribution in [2.75, 3.05) is 0 Å². The average molecular weight is 242 g/mol. The lowest BCUT2D eigenvalue weighted by molar-refractivity contribution is 0.207. The quantitative estimate of drug-likeness (QED) is 0.752. The minimum Gasteiger partial charge on any atom is -0.461 e. The van der Waals surface area contributed by atoms with Crippen LogP contribution in [0, 0.1) is 12.3 Å². The summed E-state index contributed by atoms with van der Waals surface area (Å²) in [6.07, 6.45) is 4.67. The largest absolute Gasteiger partial charge is 0.461 e. The Hall–Kier alpha value is -1.54. The Kier molecular flexibility index (Phi) is 4.32. The molecule has 0 aromatic carbocycles. The van der Waals surface area contributed by atoms with Gasteiger partial charge in [-0.15, -0.1) is 11.4 Å². The minimum atomic E-state index is -0.439. The van der Waals surface area contributed by atoms with Gasteiger partial charge in [-0.05, 0) is 32.4 Å². The molecular weight excluding hydrogens is 230 g/mol. The summed E-state index contributed by atoms with van der Waals surface area (Å²) in [6, 6.07) is 0.176. The summed E-state index contributed by atoms with van der Waals surface area (Å²) in [4.78, 5) is 11.5. The Bertz CT molecular complexity index is 404. The van der Waals surface area contributed by atoms with Gasteiger partial charge in [0.2, 0.25) is 5.28 Å². The molecule has 1 atom stereocenters. The number of aromatic nitrogens is 3. The van der Waals surface area contributed by atoms with Crippen molar-refractivity contribution in [2.24, 2.45) is 0 Å². The molecule has 0 saturated carbocycles. The predicted octanol–water partition coefficient (Wildman–Crippen LogP) is 1.71. The predicted molar refractivity (Wildman–Crippen MR) is 59.5 cm³/mol. The van der Waals surface area contributed by atoms with Crippen LogP contribution in [0.5, 0.6) is 12.0 Å². The number of hydrogen-bond acceptors (Lipinski definition) is 5. The molecule has 0 fully saturated rings. The van der Waals surface area contributed by atoms with Crippen LogP contribution < -0.4 is 9.47 Å². The normalized spacial score (nSPS) is 12.0. The van der Waals surface area contributed by atoms with Crippen LogP contribution in [0.1, 0.15) is 20.8 Å². The van der Waals surface area contributed by atoms with Gasteiger partial charge in [0.15, 0.2) is 6.10 Å². The van der Waals surface area contributed by atoms with E-state index >= 15 is 0 Å². The Labute approximate surface area is 99.2 Å². The molecule has 0 bridgehead atoms. The second kappa shape index (κ2) is 5.52. The smallest absolute Gasteiger partial charge is 0.325 e. The summed E-state index contributed by atoms with van der Waals surface area (Å²) >= 11 is 5.69. The molecule has 5 nitrogen and oxygen atoms in total. The molecule has 0 aliphatic heterocycles. The number of nitrogens with zero attached hydrogens (tertiary/aromatic N) is 3. The van der Waals surface area contributed by atoms with Gasteiger partial charge in [-0.25, -0.2) is 0 Å². The lowest BCUT2D eigenvalue weighted by Gasteiger charge is -2.10. The van der Waals surface area contributed by atoms with Gasteiger partial charge < -0.3 is 9.47 Å². The highest BCUT2D eigenvalue weighted by Gasteiger charge is 2.10. The van der Waals surface area contributed by atoms with Crippen LogP contribution in [0.15, 0.2) is 0 Å². The lowest BCUT2D eigenvalue weighted by Crippen LogP contribution is -2.13. The molecule has 86 valence electrons. The van der Waals surface area contributed by atoms with Gasteiger partial charge in [0.25, 0.3) is 0 Å². The fourth-order valence-corrected chi connectivity index (χ4v) is 0.968. The first-order valence-corrected chi connectivity index (χ1v) is 5.10. The number of hydrogen-bond donors (Lipinski definition) is 0. The van der Waals surface area contributed by atoms with Gasteiger partial charge in [0.1, 0.15) is 0 Å². The summed E-state index contributed by atoms with van der Waals surface area (Å²) < 4.78 is 10.5. The van der Waals surface area contributed by atoms with Gasteiger partial charge in [0, 0.05) is 0 Å². The number of terminal acetylenes is 1. The Morgan fingerprint density at radius 1 is 1.12 bits per heavy atom. The van der Waals surface area contributed by atoms with Crippen LogP contribution >= 0.6 is 11.6 Å². The molecular formula is C10H12ClN3O2. The van der Waals surface area contributed by atoms with Crippen LogP contribution in [0.25, 0.3) is 0 Å². The van der Waals surface area contributed by atoms with E-state index in [1.165, 1.54) is 0 Å². The van der Waals surface area contributed by atoms with E-state index in [4.69, 9.17) is 27.5 Å². The van der Waals surface area contributed by atoms with Crippen molar-refractivity contribution in [1.82, 2.24) is 15.0 Å². The van der Waals surface area contributed by atoms with Gasteiger partial charge in [0.05, 0.1) is 6.10 Å². The highest BCUT2D eigenvalue weighted by molar-refractivity contribution is 6.28. The second-order valence-corrected chi connectivity index (χ2v) is 3.60. The Balaban J connectivity index is 2.86. The van der Waals surface area contributed by atoms with E-state index in [0.29, 0.717) is 0 Å². The van der Waals surface area contributed by atoms with Gasteiger partial charge in [-0.3, -0.25) is 0 Å². The van der Waals surface area contributed by atoms with Gasteiger partial charge in [-0.2, -0.15) is 9.97 Å². The molecule has 6 heteroatoms. The van der Waals surface area contributed by atoms with Gasteiger partial charge in [-0.1, -0.05) is 5.92 Å². The third-order valence-corrected chi connectivity index (χ3v) is 1.59. The fraction of sp³-hybridized carbons (Fsp3) is 0.500. The maximum Gasteiger partial charge on any atom is 0.325 e. The van der Waals surface area contributed by atoms with E-state index < -0.39 is 6.10 Å². The molecule has 0 aliphatic rings. The van der Waals surface area contributed by atoms with E-state index in [9.17, 15) is 0 Å². The summed E-state index contributed by atoms with van der Waals surface area (Å²) in [5, 5.41) is 0.00451. The maximum atomic E-state index is 5.69. The third kappa shape index (κ3) is 3.91. The number of halogens is 1. The molecule has 0 saturated heterocycles. The maximum absolute atomic E-state index is 5.69. The van der Waals surface area contributed by atoms with E-state index in [1.54, 1.807) is 6.92 Å².